The lowest BCUT2D eigenvalue weighted by Crippen LogP contribution is -2.43. The number of alkyl halides is 3. The van der Waals surface area contributed by atoms with Crippen molar-refractivity contribution in [2.75, 3.05) is 56.9 Å². The van der Waals surface area contributed by atoms with Crippen LogP contribution in [0.5, 0.6) is 0 Å². The van der Waals surface area contributed by atoms with Gasteiger partial charge < -0.3 is 20.3 Å². The van der Waals surface area contributed by atoms with Crippen LogP contribution in [-0.4, -0.2) is 87.9 Å². The van der Waals surface area contributed by atoms with Crippen LogP contribution in [0.2, 0.25) is 0 Å². The van der Waals surface area contributed by atoms with Gasteiger partial charge in [-0.15, -0.1) is 5.10 Å². The largest absolute Gasteiger partial charge is 0.417 e. The second-order valence-electron chi connectivity index (χ2n) is 10.0. The molecular formula is C24H29F3N8O. The molecule has 6 heterocycles. The Morgan fingerprint density at radius 1 is 1.08 bits per heavy atom. The number of anilines is 2. The number of halogens is 3. The average molecular weight is 503 g/mol. The van der Waals surface area contributed by atoms with Gasteiger partial charge >= 0.3 is 6.18 Å². The smallest absolute Gasteiger partial charge is 0.384 e. The zero-order valence-electron chi connectivity index (χ0n) is 20.1. The van der Waals surface area contributed by atoms with Crippen molar-refractivity contribution in [1.82, 2.24) is 29.4 Å². The van der Waals surface area contributed by atoms with Gasteiger partial charge in [-0.2, -0.15) is 13.2 Å². The summed E-state index contributed by atoms with van der Waals surface area (Å²) in [6.07, 6.45) is 0.551. The molecule has 9 nitrogen and oxygen atoms in total. The van der Waals surface area contributed by atoms with Crippen LogP contribution < -0.4 is 10.6 Å². The van der Waals surface area contributed by atoms with Gasteiger partial charge in [0.05, 0.1) is 23.3 Å². The number of rotatable bonds is 4. The van der Waals surface area contributed by atoms with E-state index in [-0.39, 0.29) is 29.4 Å². The maximum atomic E-state index is 13.9. The average Bonchev–Trinajstić information content (AvgIpc) is 3.40. The van der Waals surface area contributed by atoms with Gasteiger partial charge in [-0.25, -0.2) is 14.5 Å². The molecule has 3 fully saturated rings. The zero-order valence-corrected chi connectivity index (χ0v) is 20.1. The van der Waals surface area contributed by atoms with E-state index in [0.29, 0.717) is 18.9 Å². The third-order valence-corrected chi connectivity index (χ3v) is 7.32. The topological polar surface area (TPSA) is 88.0 Å². The van der Waals surface area contributed by atoms with Crippen LogP contribution in [-0.2, 0) is 17.5 Å². The first-order chi connectivity index (χ1) is 17.2. The van der Waals surface area contributed by atoms with Crippen LogP contribution >= 0.6 is 0 Å². The molecule has 3 saturated heterocycles. The van der Waals surface area contributed by atoms with Crippen LogP contribution in [0.1, 0.15) is 24.0 Å². The van der Waals surface area contributed by atoms with Crippen molar-refractivity contribution in [2.45, 2.75) is 37.8 Å². The van der Waals surface area contributed by atoms with E-state index >= 15 is 0 Å². The standard InChI is InChI=1S/C24H29F3N8O/c1-32-4-6-33(7-5-32)11-15-8-20-23(34-13-16-2-3-17(14-34)36-16)30-22(31-35(20)12-15)18-10-29-21(28)9-19(18)24(25,26)27/h8-10,12,16-17H,2-7,11,13-14H2,1H3,(H2,28,29). The van der Waals surface area contributed by atoms with Crippen LogP contribution in [0.25, 0.3) is 16.9 Å². The Kier molecular flexibility index (Phi) is 5.77. The predicted molar refractivity (Wildman–Crippen MR) is 129 cm³/mol. The Balaban J connectivity index is 1.44. The van der Waals surface area contributed by atoms with Gasteiger partial charge in [0.1, 0.15) is 11.3 Å². The lowest BCUT2D eigenvalue weighted by Gasteiger charge is -2.33. The summed E-state index contributed by atoms with van der Waals surface area (Å²) in [5.74, 6) is 0.389. The van der Waals surface area contributed by atoms with Crippen molar-refractivity contribution in [3.63, 3.8) is 0 Å². The Hall–Kier alpha value is -2.96. The molecule has 3 aliphatic heterocycles. The lowest BCUT2D eigenvalue weighted by molar-refractivity contribution is -0.137. The normalized spacial score (nSPS) is 23.6. The molecule has 0 amide bonds. The van der Waals surface area contributed by atoms with Gasteiger partial charge in [0.25, 0.3) is 0 Å². The fourth-order valence-corrected chi connectivity index (χ4v) is 5.41. The van der Waals surface area contributed by atoms with Crippen molar-refractivity contribution in [3.8, 4) is 11.4 Å². The second kappa shape index (κ2) is 8.86. The first-order valence-electron chi connectivity index (χ1n) is 12.3. The minimum Gasteiger partial charge on any atom is -0.384 e. The molecule has 192 valence electrons. The number of nitrogens with two attached hydrogens (primary N) is 1. The van der Waals surface area contributed by atoms with Crippen molar-refractivity contribution in [1.29, 1.82) is 0 Å². The summed E-state index contributed by atoms with van der Waals surface area (Å²) in [6.45, 7) is 5.97. The molecule has 3 aromatic rings. The number of hydrogen-bond donors (Lipinski definition) is 1. The summed E-state index contributed by atoms with van der Waals surface area (Å²) in [7, 11) is 2.12. The van der Waals surface area contributed by atoms with Crippen LogP contribution in [0.3, 0.4) is 0 Å². The number of aromatic nitrogens is 4. The van der Waals surface area contributed by atoms with Crippen LogP contribution in [0, 0.1) is 0 Å². The van der Waals surface area contributed by atoms with Gasteiger partial charge in [-0.3, -0.25) is 4.90 Å². The van der Waals surface area contributed by atoms with Gasteiger partial charge in [-0.05, 0) is 37.6 Å². The molecule has 0 aliphatic carbocycles. The molecule has 0 saturated carbocycles. The summed E-state index contributed by atoms with van der Waals surface area (Å²) in [4.78, 5) is 15.4. The first-order valence-corrected chi connectivity index (χ1v) is 12.3. The van der Waals surface area contributed by atoms with E-state index in [1.54, 1.807) is 4.52 Å². The van der Waals surface area contributed by atoms with E-state index in [9.17, 15) is 13.2 Å². The van der Waals surface area contributed by atoms with E-state index in [2.05, 4.69) is 37.9 Å². The number of nitrogens with zero attached hydrogens (tertiary/aromatic N) is 7. The number of ether oxygens (including phenoxy) is 1. The third-order valence-electron chi connectivity index (χ3n) is 7.32. The van der Waals surface area contributed by atoms with Crippen LogP contribution in [0.15, 0.2) is 24.5 Å². The number of fused-ring (bicyclic) bond motifs is 3. The molecule has 6 rings (SSSR count). The van der Waals surface area contributed by atoms with Crippen molar-refractivity contribution in [2.24, 2.45) is 0 Å². The molecule has 3 aliphatic rings. The number of morpholine rings is 1. The summed E-state index contributed by atoms with van der Waals surface area (Å²) < 4.78 is 49.4. The lowest BCUT2D eigenvalue weighted by atomic mass is 10.1. The van der Waals surface area contributed by atoms with E-state index in [1.807, 2.05) is 6.20 Å². The molecule has 2 N–H and O–H groups in total. The number of piperazine rings is 1. The minimum absolute atomic E-state index is 0.0297. The Morgan fingerprint density at radius 3 is 2.50 bits per heavy atom. The summed E-state index contributed by atoms with van der Waals surface area (Å²) in [5.41, 5.74) is 6.34. The molecule has 2 unspecified atom stereocenters. The Morgan fingerprint density at radius 2 is 1.81 bits per heavy atom. The van der Waals surface area contributed by atoms with E-state index < -0.39 is 11.7 Å². The minimum atomic E-state index is -4.62. The molecule has 0 spiro atoms. The highest BCUT2D eigenvalue weighted by Crippen LogP contribution is 2.38. The molecule has 0 radical (unpaired) electrons. The van der Waals surface area contributed by atoms with Crippen molar-refractivity contribution in [3.05, 3.63) is 35.7 Å². The zero-order chi connectivity index (χ0) is 25.0. The molecule has 3 aromatic heterocycles. The fraction of sp³-hybridized carbons (Fsp3) is 0.542. The Labute approximate surface area is 206 Å². The predicted octanol–water partition coefficient (Wildman–Crippen LogP) is 2.51. The highest BCUT2D eigenvalue weighted by Gasteiger charge is 2.37. The number of hydrogen-bond acceptors (Lipinski definition) is 8. The highest BCUT2D eigenvalue weighted by atomic mass is 19.4. The number of likely N-dealkylation sites (N-methyl/N-ethyl adjacent to an activating group) is 1. The Bertz CT molecular complexity index is 1260. The van der Waals surface area contributed by atoms with Gasteiger partial charge in [0.15, 0.2) is 11.6 Å². The quantitative estimate of drug-likeness (QED) is 0.583. The van der Waals surface area contributed by atoms with Gasteiger partial charge in [0, 0.05) is 58.2 Å². The SMILES string of the molecule is CN1CCN(Cc2cc3c(N4CC5CCC(C4)O5)nc(-c4cnc(N)cc4C(F)(F)F)nn3c2)CC1. The molecule has 12 heteroatoms. The van der Waals surface area contributed by atoms with Crippen molar-refractivity contribution < 1.29 is 17.9 Å². The van der Waals surface area contributed by atoms with E-state index in [0.717, 1.165) is 68.9 Å². The van der Waals surface area contributed by atoms with Gasteiger partial charge in [0.2, 0.25) is 0 Å². The monoisotopic (exact) mass is 502 g/mol. The van der Waals surface area contributed by atoms with Crippen molar-refractivity contribution >= 4 is 17.2 Å². The fourth-order valence-electron chi connectivity index (χ4n) is 5.41. The maximum absolute atomic E-state index is 13.9. The maximum Gasteiger partial charge on any atom is 0.417 e. The van der Waals surface area contributed by atoms with E-state index in [4.69, 9.17) is 15.5 Å². The third kappa shape index (κ3) is 4.48. The number of pyridine rings is 1. The van der Waals surface area contributed by atoms with E-state index in [1.165, 1.54) is 0 Å². The molecule has 2 atom stereocenters. The molecule has 0 aromatic carbocycles. The summed E-state index contributed by atoms with van der Waals surface area (Å²) >= 11 is 0. The van der Waals surface area contributed by atoms with Gasteiger partial charge in [-0.1, -0.05) is 0 Å². The summed E-state index contributed by atoms with van der Waals surface area (Å²) in [6, 6.07) is 2.90. The number of nitrogen functional groups attached to an aromatic ring is 1. The second-order valence-corrected chi connectivity index (χ2v) is 10.0. The van der Waals surface area contributed by atoms with Crippen LogP contribution in [0.4, 0.5) is 24.8 Å². The first kappa shape index (κ1) is 23.4. The molecular weight excluding hydrogens is 473 g/mol. The highest BCUT2D eigenvalue weighted by molar-refractivity contribution is 5.74. The molecule has 36 heavy (non-hydrogen) atoms. The molecule has 2 bridgehead atoms. The summed E-state index contributed by atoms with van der Waals surface area (Å²) in [5, 5.41) is 4.52.